The minimum absolute atomic E-state index is 0.0521. The SMILES string of the molecule is COCCO[Si](OC)(OCCO)OCCO[Si](C)(OC)OC. The number of aliphatic hydroxyl groups excluding tert-OH is 1. The standard InChI is InChI=1S/C11H28O9Si2/c1-13-8-9-19-22(16-4,18-7-6-12)20-11-10-17-21(5,14-2)15-3/h12H,6-11H2,1-5H3. The zero-order chi connectivity index (χ0) is 16.9. The van der Waals surface area contributed by atoms with Crippen LogP contribution in [-0.2, 0) is 35.7 Å². The van der Waals surface area contributed by atoms with Crippen molar-refractivity contribution in [1.29, 1.82) is 0 Å². The highest BCUT2D eigenvalue weighted by Crippen LogP contribution is 2.12. The number of aliphatic hydroxyl groups is 1. The van der Waals surface area contributed by atoms with E-state index in [1.165, 1.54) is 21.3 Å². The Morgan fingerprint density at radius 3 is 1.64 bits per heavy atom. The lowest BCUT2D eigenvalue weighted by atomic mass is 10.8. The zero-order valence-electron chi connectivity index (χ0n) is 14.0. The van der Waals surface area contributed by atoms with Crippen molar-refractivity contribution in [2.24, 2.45) is 0 Å². The fourth-order valence-electron chi connectivity index (χ4n) is 1.32. The fraction of sp³-hybridized carbons (Fsp3) is 1.00. The van der Waals surface area contributed by atoms with Gasteiger partial charge in [0.15, 0.2) is 0 Å². The third kappa shape index (κ3) is 8.64. The van der Waals surface area contributed by atoms with Gasteiger partial charge in [0.25, 0.3) is 0 Å². The summed E-state index contributed by atoms with van der Waals surface area (Å²) in [5, 5.41) is 8.89. The smallest absolute Gasteiger partial charge is 0.394 e. The number of rotatable bonds is 15. The highest BCUT2D eigenvalue weighted by molar-refractivity contribution is 6.59. The van der Waals surface area contributed by atoms with Crippen LogP contribution >= 0.6 is 0 Å². The molecule has 0 aromatic heterocycles. The first-order valence-corrected chi connectivity index (χ1v) is 10.7. The van der Waals surface area contributed by atoms with Gasteiger partial charge in [-0.15, -0.1) is 0 Å². The molecule has 0 radical (unpaired) electrons. The summed E-state index contributed by atoms with van der Waals surface area (Å²) in [7, 11) is 0.114. The van der Waals surface area contributed by atoms with E-state index < -0.39 is 17.9 Å². The van der Waals surface area contributed by atoms with Gasteiger partial charge in [-0.2, -0.15) is 0 Å². The molecule has 134 valence electrons. The second-order valence-corrected chi connectivity index (χ2v) is 9.19. The van der Waals surface area contributed by atoms with Crippen LogP contribution in [0.5, 0.6) is 0 Å². The highest BCUT2D eigenvalue weighted by Gasteiger charge is 2.45. The molecule has 0 rings (SSSR count). The molecular weight excluding hydrogens is 332 g/mol. The van der Waals surface area contributed by atoms with Crippen LogP contribution in [0.15, 0.2) is 0 Å². The van der Waals surface area contributed by atoms with E-state index in [-0.39, 0.29) is 33.0 Å². The van der Waals surface area contributed by atoms with Crippen LogP contribution in [-0.4, -0.2) is 91.0 Å². The summed E-state index contributed by atoms with van der Waals surface area (Å²) in [6.07, 6.45) is 0. The van der Waals surface area contributed by atoms with Crippen molar-refractivity contribution in [3.05, 3.63) is 0 Å². The molecule has 0 fully saturated rings. The van der Waals surface area contributed by atoms with Crippen molar-refractivity contribution in [3.63, 3.8) is 0 Å². The van der Waals surface area contributed by atoms with Crippen LogP contribution < -0.4 is 0 Å². The van der Waals surface area contributed by atoms with Crippen LogP contribution in [0.2, 0.25) is 6.55 Å². The maximum absolute atomic E-state index is 8.89. The summed E-state index contributed by atoms with van der Waals surface area (Å²) in [6, 6.07) is 0. The maximum Gasteiger partial charge on any atom is 0.679 e. The van der Waals surface area contributed by atoms with E-state index in [9.17, 15) is 0 Å². The molecule has 1 unspecified atom stereocenters. The van der Waals surface area contributed by atoms with Crippen molar-refractivity contribution < 1.29 is 40.8 Å². The first-order valence-electron chi connectivity index (χ1n) is 6.82. The molecule has 1 atom stereocenters. The van der Waals surface area contributed by atoms with Crippen molar-refractivity contribution in [2.75, 3.05) is 68.1 Å². The summed E-state index contributed by atoms with van der Waals surface area (Å²) in [5.41, 5.74) is 0. The third-order valence-corrected chi connectivity index (χ3v) is 7.04. The molecule has 1 N–H and O–H groups in total. The lowest BCUT2D eigenvalue weighted by Crippen LogP contribution is -2.50. The van der Waals surface area contributed by atoms with Gasteiger partial charge in [0.05, 0.1) is 39.6 Å². The van der Waals surface area contributed by atoms with Crippen LogP contribution in [0.3, 0.4) is 0 Å². The van der Waals surface area contributed by atoms with Crippen molar-refractivity contribution in [3.8, 4) is 0 Å². The summed E-state index contributed by atoms with van der Waals surface area (Å²) in [5.74, 6) is 0. The third-order valence-electron chi connectivity index (χ3n) is 2.65. The summed E-state index contributed by atoms with van der Waals surface area (Å²) >= 11 is 0. The Hall–Kier alpha value is 0.0738. The van der Waals surface area contributed by atoms with Gasteiger partial charge in [0.1, 0.15) is 0 Å². The average Bonchev–Trinajstić information content (AvgIpc) is 2.56. The summed E-state index contributed by atoms with van der Waals surface area (Å²) < 4.78 is 42.7. The van der Waals surface area contributed by atoms with Gasteiger partial charge in [0.2, 0.25) is 0 Å². The van der Waals surface area contributed by atoms with Gasteiger partial charge in [-0.25, -0.2) is 0 Å². The van der Waals surface area contributed by atoms with E-state index >= 15 is 0 Å². The molecule has 0 heterocycles. The van der Waals surface area contributed by atoms with Gasteiger partial charge in [-0.1, -0.05) is 0 Å². The average molecular weight is 361 g/mol. The highest BCUT2D eigenvalue weighted by atomic mass is 28.4. The Balaban J connectivity index is 4.37. The Labute approximate surface area is 134 Å². The van der Waals surface area contributed by atoms with Crippen molar-refractivity contribution in [2.45, 2.75) is 6.55 Å². The monoisotopic (exact) mass is 360 g/mol. The Morgan fingerprint density at radius 2 is 1.18 bits per heavy atom. The van der Waals surface area contributed by atoms with Crippen LogP contribution in [0.25, 0.3) is 0 Å². The Morgan fingerprint density at radius 1 is 0.682 bits per heavy atom. The lowest BCUT2D eigenvalue weighted by molar-refractivity contribution is -0.0441. The Kier molecular flexibility index (Phi) is 12.5. The van der Waals surface area contributed by atoms with Crippen LogP contribution in [0, 0.1) is 0 Å². The van der Waals surface area contributed by atoms with Crippen molar-refractivity contribution in [1.82, 2.24) is 0 Å². The minimum atomic E-state index is -3.33. The van der Waals surface area contributed by atoms with E-state index in [2.05, 4.69) is 0 Å². The molecule has 0 saturated carbocycles. The minimum Gasteiger partial charge on any atom is -0.394 e. The molecule has 0 aromatic rings. The number of hydrogen-bond acceptors (Lipinski definition) is 9. The second kappa shape index (κ2) is 12.5. The van der Waals surface area contributed by atoms with Crippen LogP contribution in [0.1, 0.15) is 0 Å². The number of methoxy groups -OCH3 is 1. The number of hydrogen-bond donors (Lipinski definition) is 1. The summed E-state index contributed by atoms with van der Waals surface area (Å²) in [6.45, 7) is 2.70. The van der Waals surface area contributed by atoms with Gasteiger partial charge >= 0.3 is 17.9 Å². The van der Waals surface area contributed by atoms with Gasteiger partial charge < -0.3 is 40.8 Å². The van der Waals surface area contributed by atoms with Gasteiger partial charge in [-0.3, -0.25) is 0 Å². The predicted octanol–water partition coefficient (Wildman–Crippen LogP) is -0.365. The molecule has 22 heavy (non-hydrogen) atoms. The predicted molar refractivity (Wildman–Crippen MR) is 81.2 cm³/mol. The van der Waals surface area contributed by atoms with Gasteiger partial charge in [-0.05, 0) is 0 Å². The van der Waals surface area contributed by atoms with E-state index in [0.717, 1.165) is 0 Å². The topological polar surface area (TPSA) is 94.1 Å². The second-order valence-electron chi connectivity index (χ2n) is 4.08. The lowest BCUT2D eigenvalue weighted by Gasteiger charge is -2.27. The number of ether oxygens (including phenoxy) is 1. The van der Waals surface area contributed by atoms with Crippen molar-refractivity contribution >= 4 is 17.9 Å². The molecule has 0 aromatic carbocycles. The molecular formula is C11H28O9Si2. The van der Waals surface area contributed by atoms with Gasteiger partial charge in [0, 0.05) is 35.0 Å². The molecule has 9 nitrogen and oxygen atoms in total. The molecule has 0 spiro atoms. The molecule has 0 aliphatic carbocycles. The van der Waals surface area contributed by atoms with E-state index in [4.69, 9.17) is 40.8 Å². The quantitative estimate of drug-likeness (QED) is 0.310. The van der Waals surface area contributed by atoms with E-state index in [1.54, 1.807) is 13.7 Å². The maximum atomic E-state index is 8.89. The molecule has 11 heteroatoms. The first-order chi connectivity index (χ1) is 10.5. The fourth-order valence-corrected chi connectivity index (χ4v) is 3.79. The normalized spacial score (nSPS) is 15.0. The molecule has 0 amide bonds. The molecule has 0 aliphatic rings. The molecule has 0 bridgehead atoms. The molecule has 0 aliphatic heterocycles. The largest absolute Gasteiger partial charge is 0.679 e. The first kappa shape index (κ1) is 22.1. The zero-order valence-corrected chi connectivity index (χ0v) is 16.0. The Bertz CT molecular complexity index is 268. The van der Waals surface area contributed by atoms with Crippen LogP contribution in [0.4, 0.5) is 0 Å². The molecule has 0 saturated heterocycles. The summed E-state index contributed by atoms with van der Waals surface area (Å²) in [4.78, 5) is 0. The van der Waals surface area contributed by atoms with E-state index in [0.29, 0.717) is 6.61 Å². The van der Waals surface area contributed by atoms with E-state index in [1.807, 2.05) is 0 Å².